The van der Waals surface area contributed by atoms with Gasteiger partial charge in [0.2, 0.25) is 0 Å². The van der Waals surface area contributed by atoms with Crippen LogP contribution in [0.3, 0.4) is 0 Å². The molecular formula is C14H20N4S. The van der Waals surface area contributed by atoms with Crippen LogP contribution in [-0.4, -0.2) is 28.5 Å². The predicted octanol–water partition coefficient (Wildman–Crippen LogP) is 3.16. The van der Waals surface area contributed by atoms with Crippen molar-refractivity contribution in [3.05, 3.63) is 24.5 Å². The van der Waals surface area contributed by atoms with Crippen molar-refractivity contribution in [1.82, 2.24) is 9.97 Å². The second-order valence-electron chi connectivity index (χ2n) is 4.48. The van der Waals surface area contributed by atoms with E-state index in [1.165, 1.54) is 18.6 Å². The average molecular weight is 276 g/mol. The van der Waals surface area contributed by atoms with Crippen LogP contribution in [0.15, 0.2) is 24.5 Å². The van der Waals surface area contributed by atoms with Crippen molar-refractivity contribution in [2.45, 2.75) is 19.3 Å². The lowest BCUT2D eigenvalue weighted by atomic mass is 10.2. The van der Waals surface area contributed by atoms with Gasteiger partial charge in [0, 0.05) is 17.6 Å². The lowest BCUT2D eigenvalue weighted by molar-refractivity contribution is 0.748. The first-order valence-corrected chi connectivity index (χ1v) is 7.93. The van der Waals surface area contributed by atoms with Crippen LogP contribution in [-0.2, 0) is 0 Å². The lowest BCUT2D eigenvalue weighted by Crippen LogP contribution is -2.04. The highest BCUT2D eigenvalue weighted by molar-refractivity contribution is 7.98. The fourth-order valence-corrected chi connectivity index (χ4v) is 2.46. The summed E-state index contributed by atoms with van der Waals surface area (Å²) < 4.78 is 0. The fraction of sp³-hybridized carbons (Fsp3) is 0.429. The highest BCUT2D eigenvalue weighted by atomic mass is 32.2. The van der Waals surface area contributed by atoms with E-state index in [9.17, 15) is 0 Å². The predicted molar refractivity (Wildman–Crippen MR) is 84.7 cm³/mol. The summed E-state index contributed by atoms with van der Waals surface area (Å²) in [6, 6.07) is 5.71. The number of fused-ring (bicyclic) bond motifs is 1. The summed E-state index contributed by atoms with van der Waals surface area (Å²) >= 11 is 1.90. The van der Waals surface area contributed by atoms with Crippen molar-refractivity contribution < 1.29 is 0 Å². The molecule has 1 heterocycles. The number of hydrogen-bond donors (Lipinski definition) is 2. The zero-order chi connectivity index (χ0) is 13.5. The van der Waals surface area contributed by atoms with E-state index >= 15 is 0 Å². The van der Waals surface area contributed by atoms with Gasteiger partial charge in [-0.25, -0.2) is 9.97 Å². The third-order valence-corrected chi connectivity index (χ3v) is 3.67. The average Bonchev–Trinajstić information content (AvgIpc) is 2.43. The van der Waals surface area contributed by atoms with E-state index in [1.807, 2.05) is 30.0 Å². The Hall–Kier alpha value is -1.49. The van der Waals surface area contributed by atoms with E-state index in [-0.39, 0.29) is 0 Å². The topological polar surface area (TPSA) is 63.8 Å². The normalized spacial score (nSPS) is 10.8. The van der Waals surface area contributed by atoms with E-state index in [1.54, 1.807) is 6.33 Å². The van der Waals surface area contributed by atoms with Gasteiger partial charge in [-0.2, -0.15) is 11.8 Å². The van der Waals surface area contributed by atoms with Crippen LogP contribution in [0.2, 0.25) is 0 Å². The Morgan fingerprint density at radius 1 is 1.21 bits per heavy atom. The van der Waals surface area contributed by atoms with E-state index in [0.29, 0.717) is 0 Å². The highest BCUT2D eigenvalue weighted by Crippen LogP contribution is 2.21. The molecule has 1 aromatic heterocycles. The molecule has 19 heavy (non-hydrogen) atoms. The van der Waals surface area contributed by atoms with Gasteiger partial charge in [0.25, 0.3) is 0 Å². The number of aromatic nitrogens is 2. The summed E-state index contributed by atoms with van der Waals surface area (Å²) in [5.41, 5.74) is 7.48. The van der Waals surface area contributed by atoms with Gasteiger partial charge in [0.15, 0.2) is 0 Å². The van der Waals surface area contributed by atoms with Crippen LogP contribution >= 0.6 is 11.8 Å². The molecule has 102 valence electrons. The Morgan fingerprint density at radius 2 is 2.11 bits per heavy atom. The van der Waals surface area contributed by atoms with E-state index in [0.717, 1.165) is 35.4 Å². The van der Waals surface area contributed by atoms with Gasteiger partial charge in [-0.1, -0.05) is 6.42 Å². The summed E-state index contributed by atoms with van der Waals surface area (Å²) in [6.07, 6.45) is 7.43. The van der Waals surface area contributed by atoms with Crippen LogP contribution in [0.1, 0.15) is 19.3 Å². The Bertz CT molecular complexity index is 530. The van der Waals surface area contributed by atoms with Crippen LogP contribution in [0.25, 0.3) is 10.9 Å². The smallest absolute Gasteiger partial charge is 0.137 e. The van der Waals surface area contributed by atoms with Crippen molar-refractivity contribution in [3.8, 4) is 0 Å². The number of benzene rings is 1. The summed E-state index contributed by atoms with van der Waals surface area (Å²) in [7, 11) is 0. The minimum atomic E-state index is 0.741. The lowest BCUT2D eigenvalue weighted by Gasteiger charge is -2.08. The molecule has 0 bridgehead atoms. The Morgan fingerprint density at radius 3 is 2.95 bits per heavy atom. The van der Waals surface area contributed by atoms with Crippen molar-refractivity contribution in [1.29, 1.82) is 0 Å². The second kappa shape index (κ2) is 7.19. The molecule has 0 amide bonds. The Kier molecular flexibility index (Phi) is 5.27. The third kappa shape index (κ3) is 3.99. The SMILES string of the molecule is CSCCCCCNc1ncnc2ccc(N)cc12. The molecule has 0 aliphatic rings. The van der Waals surface area contributed by atoms with Crippen LogP contribution in [0, 0.1) is 0 Å². The van der Waals surface area contributed by atoms with Gasteiger partial charge < -0.3 is 11.1 Å². The van der Waals surface area contributed by atoms with Gasteiger partial charge in [-0.3, -0.25) is 0 Å². The van der Waals surface area contributed by atoms with Gasteiger partial charge >= 0.3 is 0 Å². The molecule has 0 aliphatic carbocycles. The van der Waals surface area contributed by atoms with E-state index in [4.69, 9.17) is 5.73 Å². The number of nitrogens with zero attached hydrogens (tertiary/aromatic N) is 2. The van der Waals surface area contributed by atoms with Crippen LogP contribution in [0.5, 0.6) is 0 Å². The Labute approximate surface area is 118 Å². The van der Waals surface area contributed by atoms with Gasteiger partial charge in [0.05, 0.1) is 5.52 Å². The zero-order valence-corrected chi connectivity index (χ0v) is 12.0. The van der Waals surface area contributed by atoms with Crippen LogP contribution in [0.4, 0.5) is 11.5 Å². The number of rotatable bonds is 7. The number of hydrogen-bond acceptors (Lipinski definition) is 5. The molecule has 5 heteroatoms. The molecule has 0 spiro atoms. The monoisotopic (exact) mass is 276 g/mol. The number of unbranched alkanes of at least 4 members (excludes halogenated alkanes) is 2. The van der Waals surface area contributed by atoms with Crippen molar-refractivity contribution in [3.63, 3.8) is 0 Å². The standard InChI is InChI=1S/C14H20N4S/c1-19-8-4-2-3-7-16-14-12-9-11(15)5-6-13(12)17-10-18-14/h5-6,9-10H,2-4,7-8,15H2,1H3,(H,16,17,18). The molecule has 2 aromatic rings. The van der Waals surface area contributed by atoms with E-state index < -0.39 is 0 Å². The molecule has 0 saturated carbocycles. The molecular weight excluding hydrogens is 256 g/mol. The number of anilines is 2. The molecule has 3 N–H and O–H groups in total. The minimum absolute atomic E-state index is 0.741. The van der Waals surface area contributed by atoms with Crippen molar-refractivity contribution in [2.75, 3.05) is 29.6 Å². The number of thioether (sulfide) groups is 1. The summed E-state index contributed by atoms with van der Waals surface area (Å²) in [6.45, 7) is 0.940. The molecule has 4 nitrogen and oxygen atoms in total. The maximum atomic E-state index is 5.82. The minimum Gasteiger partial charge on any atom is -0.399 e. The van der Waals surface area contributed by atoms with Gasteiger partial charge in [-0.05, 0) is 43.0 Å². The van der Waals surface area contributed by atoms with Gasteiger partial charge in [-0.15, -0.1) is 0 Å². The van der Waals surface area contributed by atoms with Crippen molar-refractivity contribution in [2.24, 2.45) is 0 Å². The summed E-state index contributed by atoms with van der Waals surface area (Å²) in [5.74, 6) is 2.12. The largest absolute Gasteiger partial charge is 0.399 e. The maximum Gasteiger partial charge on any atom is 0.137 e. The molecule has 0 fully saturated rings. The Balaban J connectivity index is 1.95. The first-order chi connectivity index (χ1) is 9.31. The maximum absolute atomic E-state index is 5.82. The molecule has 1 aromatic carbocycles. The van der Waals surface area contributed by atoms with E-state index in [2.05, 4.69) is 21.5 Å². The molecule has 0 radical (unpaired) electrons. The highest BCUT2D eigenvalue weighted by Gasteiger charge is 2.03. The molecule has 0 atom stereocenters. The molecule has 2 rings (SSSR count). The van der Waals surface area contributed by atoms with Gasteiger partial charge in [0.1, 0.15) is 12.1 Å². The van der Waals surface area contributed by atoms with Crippen LogP contribution < -0.4 is 11.1 Å². The second-order valence-corrected chi connectivity index (χ2v) is 5.46. The zero-order valence-electron chi connectivity index (χ0n) is 11.2. The summed E-state index contributed by atoms with van der Waals surface area (Å²) in [5, 5.41) is 4.37. The first kappa shape index (κ1) is 13.9. The quantitative estimate of drug-likeness (QED) is 0.601. The van der Waals surface area contributed by atoms with Crippen molar-refractivity contribution >= 4 is 34.2 Å². The summed E-state index contributed by atoms with van der Waals surface area (Å²) in [4.78, 5) is 8.54. The third-order valence-electron chi connectivity index (χ3n) is 2.98. The number of nitrogens with two attached hydrogens (primary N) is 1. The molecule has 0 saturated heterocycles. The fourth-order valence-electron chi connectivity index (χ4n) is 1.97. The first-order valence-electron chi connectivity index (χ1n) is 6.54. The number of nitrogens with one attached hydrogen (secondary N) is 1. The number of nitrogen functional groups attached to an aromatic ring is 1. The molecule has 0 aliphatic heterocycles. The molecule has 0 unspecified atom stereocenters.